The summed E-state index contributed by atoms with van der Waals surface area (Å²) in [5.74, 6) is 0. The quantitative estimate of drug-likeness (QED) is 0.533. The zero-order chi connectivity index (χ0) is 18.5. The largest absolute Gasteiger partial charge is 0.436 e. The monoisotopic (exact) mass is 348 g/mol. The van der Waals surface area contributed by atoms with Gasteiger partial charge in [0.25, 0.3) is 0 Å². The van der Waals surface area contributed by atoms with Crippen LogP contribution in [0, 0.1) is 17.8 Å². The maximum atomic E-state index is 6.33. The minimum atomic E-state index is 0.132. The van der Waals surface area contributed by atoms with Crippen LogP contribution < -0.4 is 4.90 Å². The zero-order valence-corrected chi connectivity index (χ0v) is 16.7. The van der Waals surface area contributed by atoms with Gasteiger partial charge in [-0.25, -0.2) is 4.98 Å². The SMILES string of the molecule is Cc1ccc2c(oc3ncccc32)c1N1[C@@H](C)C2(C)CCC1(C)C2(C)C. The van der Waals surface area contributed by atoms with Crippen LogP contribution in [-0.4, -0.2) is 16.6 Å². The number of aryl methyl sites for hydroxylation is 1. The molecule has 3 aromatic rings. The highest BCUT2D eigenvalue weighted by molar-refractivity contribution is 6.08. The molecule has 1 saturated carbocycles. The number of hydrogen-bond donors (Lipinski definition) is 0. The number of nitrogens with zero attached hydrogens (tertiary/aromatic N) is 2. The van der Waals surface area contributed by atoms with Crippen LogP contribution in [-0.2, 0) is 0 Å². The fourth-order valence-electron chi connectivity index (χ4n) is 6.11. The summed E-state index contributed by atoms with van der Waals surface area (Å²) >= 11 is 0. The van der Waals surface area contributed by atoms with Gasteiger partial charge in [-0.05, 0) is 62.1 Å². The summed E-state index contributed by atoms with van der Waals surface area (Å²) < 4.78 is 6.33. The van der Waals surface area contributed by atoms with E-state index in [1.165, 1.54) is 29.5 Å². The molecular weight excluding hydrogens is 320 g/mol. The number of furan rings is 1. The molecule has 2 bridgehead atoms. The number of anilines is 1. The van der Waals surface area contributed by atoms with Gasteiger partial charge in [0.1, 0.15) is 0 Å². The molecule has 1 saturated heterocycles. The van der Waals surface area contributed by atoms with Crippen molar-refractivity contribution >= 4 is 27.8 Å². The van der Waals surface area contributed by atoms with E-state index in [-0.39, 0.29) is 11.0 Å². The number of pyridine rings is 1. The number of piperidine rings is 1. The molecule has 0 N–H and O–H groups in total. The number of rotatable bonds is 1. The Balaban J connectivity index is 1.84. The predicted octanol–water partition coefficient (Wildman–Crippen LogP) is 6.08. The third kappa shape index (κ3) is 1.55. The molecule has 3 heterocycles. The van der Waals surface area contributed by atoms with E-state index in [1.807, 2.05) is 12.3 Å². The smallest absolute Gasteiger partial charge is 0.227 e. The lowest BCUT2D eigenvalue weighted by molar-refractivity contribution is 0.132. The molecule has 0 amide bonds. The van der Waals surface area contributed by atoms with Crippen LogP contribution in [0.2, 0.25) is 0 Å². The Labute approximate surface area is 155 Å². The summed E-state index contributed by atoms with van der Waals surface area (Å²) in [6, 6.07) is 9.01. The summed E-state index contributed by atoms with van der Waals surface area (Å²) in [6.45, 7) is 14.5. The second-order valence-corrected chi connectivity index (χ2v) is 9.43. The van der Waals surface area contributed by atoms with Crippen LogP contribution in [0.4, 0.5) is 5.69 Å². The highest BCUT2D eigenvalue weighted by Crippen LogP contribution is 2.69. The van der Waals surface area contributed by atoms with Gasteiger partial charge >= 0.3 is 0 Å². The number of benzene rings is 1. The van der Waals surface area contributed by atoms with Crippen molar-refractivity contribution in [3.8, 4) is 0 Å². The molecule has 136 valence electrons. The average molecular weight is 348 g/mol. The molecule has 2 aliphatic rings. The first-order valence-corrected chi connectivity index (χ1v) is 9.78. The van der Waals surface area contributed by atoms with Crippen LogP contribution in [0.3, 0.4) is 0 Å². The van der Waals surface area contributed by atoms with Gasteiger partial charge in [-0.3, -0.25) is 0 Å². The summed E-state index contributed by atoms with van der Waals surface area (Å²) in [6.07, 6.45) is 4.34. The maximum absolute atomic E-state index is 6.33. The van der Waals surface area contributed by atoms with E-state index in [9.17, 15) is 0 Å². The van der Waals surface area contributed by atoms with Crippen molar-refractivity contribution in [1.29, 1.82) is 0 Å². The van der Waals surface area contributed by atoms with E-state index >= 15 is 0 Å². The minimum absolute atomic E-state index is 0.132. The topological polar surface area (TPSA) is 29.3 Å². The zero-order valence-electron chi connectivity index (χ0n) is 16.7. The highest BCUT2D eigenvalue weighted by Gasteiger charge is 2.70. The lowest BCUT2D eigenvalue weighted by Gasteiger charge is -2.45. The summed E-state index contributed by atoms with van der Waals surface area (Å²) in [4.78, 5) is 7.15. The summed E-state index contributed by atoms with van der Waals surface area (Å²) in [7, 11) is 0. The Morgan fingerprint density at radius 2 is 1.85 bits per heavy atom. The van der Waals surface area contributed by atoms with Crippen LogP contribution in [0.5, 0.6) is 0 Å². The van der Waals surface area contributed by atoms with E-state index in [2.05, 4.69) is 69.6 Å². The molecule has 0 spiro atoms. The summed E-state index contributed by atoms with van der Waals surface area (Å²) in [5, 5.41) is 2.28. The number of hydrogen-bond acceptors (Lipinski definition) is 3. The molecule has 0 radical (unpaired) electrons. The second kappa shape index (κ2) is 4.62. The Morgan fingerprint density at radius 1 is 1.08 bits per heavy atom. The van der Waals surface area contributed by atoms with E-state index in [0.29, 0.717) is 11.5 Å². The van der Waals surface area contributed by atoms with Crippen molar-refractivity contribution in [3.05, 3.63) is 36.0 Å². The predicted molar refractivity (Wildman–Crippen MR) is 108 cm³/mol. The molecule has 1 aliphatic heterocycles. The number of fused-ring (bicyclic) bond motifs is 5. The van der Waals surface area contributed by atoms with Gasteiger partial charge in [0.05, 0.1) is 5.69 Å². The second-order valence-electron chi connectivity index (χ2n) is 9.43. The van der Waals surface area contributed by atoms with Gasteiger partial charge in [-0.2, -0.15) is 0 Å². The van der Waals surface area contributed by atoms with Crippen LogP contribution in [0.1, 0.15) is 53.0 Å². The Morgan fingerprint density at radius 3 is 2.54 bits per heavy atom. The van der Waals surface area contributed by atoms with E-state index in [4.69, 9.17) is 4.42 Å². The van der Waals surface area contributed by atoms with Crippen molar-refractivity contribution < 1.29 is 4.42 Å². The van der Waals surface area contributed by atoms with Crippen molar-refractivity contribution in [2.75, 3.05) is 4.90 Å². The van der Waals surface area contributed by atoms with Crippen LogP contribution in [0.15, 0.2) is 34.9 Å². The standard InChI is InChI=1S/C23H28N2O/c1-14-9-10-16-17-8-7-13-24-20(17)26-19(16)18(14)25-15(2)22(5)11-12-23(25,6)21(22,3)4/h7-10,13,15H,11-12H2,1-6H3/t15-,22?,23?/m0/s1. The Bertz CT molecular complexity index is 1050. The van der Waals surface area contributed by atoms with Crippen molar-refractivity contribution in [3.63, 3.8) is 0 Å². The van der Waals surface area contributed by atoms with E-state index < -0.39 is 0 Å². The lowest BCUT2D eigenvalue weighted by Crippen LogP contribution is -2.50. The molecule has 3 atom stereocenters. The molecule has 2 fully saturated rings. The van der Waals surface area contributed by atoms with Crippen molar-refractivity contribution in [2.24, 2.45) is 10.8 Å². The van der Waals surface area contributed by atoms with Gasteiger partial charge in [-0.15, -0.1) is 0 Å². The van der Waals surface area contributed by atoms with Gasteiger partial charge in [0, 0.05) is 28.6 Å². The minimum Gasteiger partial charge on any atom is -0.436 e. The normalized spacial score (nSPS) is 32.8. The van der Waals surface area contributed by atoms with Crippen molar-refractivity contribution in [2.45, 2.75) is 66.0 Å². The van der Waals surface area contributed by atoms with Gasteiger partial charge in [-0.1, -0.05) is 32.9 Å². The van der Waals surface area contributed by atoms with Gasteiger partial charge < -0.3 is 9.32 Å². The van der Waals surface area contributed by atoms with Gasteiger partial charge in [0.15, 0.2) is 5.58 Å². The summed E-state index contributed by atoms with van der Waals surface area (Å²) in [5.41, 5.74) is 4.98. The molecule has 1 aliphatic carbocycles. The van der Waals surface area contributed by atoms with Crippen LogP contribution in [0.25, 0.3) is 22.1 Å². The molecular formula is C23H28N2O. The third-order valence-electron chi connectivity index (χ3n) is 8.58. The van der Waals surface area contributed by atoms with E-state index in [0.717, 1.165) is 16.7 Å². The molecule has 5 rings (SSSR count). The fourth-order valence-corrected chi connectivity index (χ4v) is 6.11. The molecule has 2 unspecified atom stereocenters. The first kappa shape index (κ1) is 16.2. The lowest BCUT2D eigenvalue weighted by atomic mass is 9.65. The molecule has 1 aromatic carbocycles. The third-order valence-corrected chi connectivity index (χ3v) is 8.58. The fraction of sp³-hybridized carbons (Fsp3) is 0.522. The average Bonchev–Trinajstić information content (AvgIpc) is 3.10. The molecule has 26 heavy (non-hydrogen) atoms. The first-order valence-electron chi connectivity index (χ1n) is 9.78. The van der Waals surface area contributed by atoms with Gasteiger partial charge in [0.2, 0.25) is 5.71 Å². The Kier molecular flexibility index (Phi) is 2.87. The number of aromatic nitrogens is 1. The highest BCUT2D eigenvalue weighted by atomic mass is 16.3. The molecule has 3 heteroatoms. The van der Waals surface area contributed by atoms with Crippen molar-refractivity contribution in [1.82, 2.24) is 4.98 Å². The van der Waals surface area contributed by atoms with E-state index in [1.54, 1.807) is 0 Å². The maximum Gasteiger partial charge on any atom is 0.227 e. The molecule has 2 aromatic heterocycles. The molecule has 3 nitrogen and oxygen atoms in total. The Hall–Kier alpha value is -2.03. The first-order chi connectivity index (χ1) is 12.2. The van der Waals surface area contributed by atoms with Crippen LogP contribution >= 0.6 is 0 Å².